The molecule has 8 heteroatoms. The maximum Gasteiger partial charge on any atom is 0.164 e. The minimum absolute atomic E-state index is 0.292. The van der Waals surface area contributed by atoms with Gasteiger partial charge in [-0.1, -0.05) is 94.7 Å². The quantitative estimate of drug-likeness (QED) is 0.146. The van der Waals surface area contributed by atoms with Crippen molar-refractivity contribution in [1.29, 1.82) is 0 Å². The molecule has 2 N–H and O–H groups in total. The topological polar surface area (TPSA) is 109 Å². The van der Waals surface area contributed by atoms with Crippen LogP contribution < -0.4 is 0 Å². The average Bonchev–Trinajstić information content (AvgIpc) is 1.99. The van der Waals surface area contributed by atoms with E-state index in [0.717, 1.165) is 88.3 Å². The van der Waals surface area contributed by atoms with E-state index in [1.54, 1.807) is 0 Å². The fraction of sp³-hybridized carbons (Fsp3) is 0.400. The smallest absolute Gasteiger partial charge is 0.164 e. The van der Waals surface area contributed by atoms with E-state index in [1.165, 1.54) is 0 Å². The van der Waals surface area contributed by atoms with Gasteiger partial charge in [-0.25, -0.2) is 29.9 Å². The number of aromatic amines is 2. The molecule has 0 fully saturated rings. The minimum Gasteiger partial charge on any atom is -0.324 e. The van der Waals surface area contributed by atoms with E-state index in [0.29, 0.717) is 45.9 Å². The first-order valence-electron chi connectivity index (χ1n) is 30.3. The minimum atomic E-state index is -0.298. The Morgan fingerprint density at radius 3 is 0.557 bits per heavy atom. The van der Waals surface area contributed by atoms with Crippen LogP contribution in [0.1, 0.15) is 211 Å². The van der Waals surface area contributed by atoms with Crippen molar-refractivity contribution in [3.8, 4) is 140 Å². The summed E-state index contributed by atoms with van der Waals surface area (Å²) in [5.74, 6) is 57.7. The summed E-state index contributed by atoms with van der Waals surface area (Å²) >= 11 is 0. The van der Waals surface area contributed by atoms with Crippen LogP contribution >= 0.6 is 0 Å². The third kappa shape index (κ3) is 15.8. The molecule has 2 aliphatic rings. The Bertz CT molecular complexity index is 4530. The highest BCUT2D eigenvalue weighted by atomic mass is 15.1. The van der Waals surface area contributed by atoms with Crippen molar-refractivity contribution >= 4 is 44.1 Å². The van der Waals surface area contributed by atoms with Crippen LogP contribution in [0.5, 0.6) is 0 Å². The van der Waals surface area contributed by atoms with Crippen molar-refractivity contribution in [2.24, 2.45) is 43.3 Å². The van der Waals surface area contributed by atoms with Crippen molar-refractivity contribution in [2.45, 2.75) is 166 Å². The number of H-pyrrole nitrogens is 2. The predicted octanol–water partition coefficient (Wildman–Crippen LogP) is 18.0. The summed E-state index contributed by atoms with van der Waals surface area (Å²) in [6.07, 6.45) is 0. The van der Waals surface area contributed by atoms with Crippen LogP contribution in [0.2, 0.25) is 0 Å². The van der Waals surface area contributed by atoms with E-state index in [-0.39, 0.29) is 43.3 Å². The maximum atomic E-state index is 5.58. The molecule has 88 heavy (non-hydrogen) atoms. The predicted molar refractivity (Wildman–Crippen MR) is 367 cm³/mol. The number of aromatic nitrogens is 8. The summed E-state index contributed by atoms with van der Waals surface area (Å²) in [5.41, 5.74) is 8.76. The van der Waals surface area contributed by atoms with Crippen molar-refractivity contribution in [2.75, 3.05) is 0 Å². The van der Waals surface area contributed by atoms with Gasteiger partial charge >= 0.3 is 0 Å². The third-order valence-corrected chi connectivity index (χ3v) is 13.0. The van der Waals surface area contributed by atoms with Crippen LogP contribution in [0.25, 0.3) is 89.7 Å². The lowest BCUT2D eigenvalue weighted by atomic mass is 9.93. The zero-order chi connectivity index (χ0) is 64.5. The maximum absolute atomic E-state index is 5.58. The molecule has 4 aromatic carbocycles. The van der Waals surface area contributed by atoms with Crippen LogP contribution in [-0.4, -0.2) is 39.9 Å². The van der Waals surface area contributed by atoms with Gasteiger partial charge in [0.25, 0.3) is 0 Å². The lowest BCUT2D eigenvalue weighted by molar-refractivity contribution is 0.570. The number of nitrogens with zero attached hydrogens (tertiary/aromatic N) is 6. The normalized spacial score (nSPS) is 12.3. The van der Waals surface area contributed by atoms with Gasteiger partial charge in [-0.15, -0.1) is 0 Å². The van der Waals surface area contributed by atoms with E-state index < -0.39 is 0 Å². The Labute approximate surface area is 524 Å². The monoisotopic (exact) mass is 1150 g/mol. The summed E-state index contributed by atoms with van der Waals surface area (Å²) in [6, 6.07) is 16.5. The zero-order valence-corrected chi connectivity index (χ0v) is 56.3. The van der Waals surface area contributed by atoms with Crippen molar-refractivity contribution in [3.63, 3.8) is 0 Å². The Kier molecular flexibility index (Phi) is 16.1. The largest absolute Gasteiger partial charge is 0.324 e. The highest BCUT2D eigenvalue weighted by Crippen LogP contribution is 2.41. The van der Waals surface area contributed by atoms with Gasteiger partial charge in [-0.2, -0.15) is 0 Å². The molecule has 7 aromatic rings. The second-order valence-electron chi connectivity index (χ2n) is 31.4. The van der Waals surface area contributed by atoms with E-state index in [9.17, 15) is 0 Å². The number of rotatable bonds is 0. The van der Waals surface area contributed by atoms with E-state index in [1.807, 2.05) is 0 Å². The first-order chi connectivity index (χ1) is 40.5. The first kappa shape index (κ1) is 63.2. The molecule has 2 aliphatic heterocycles. The lowest BCUT2D eigenvalue weighted by Gasteiger charge is -2.10. The molecule has 0 atom stereocenters. The molecule has 0 aliphatic carbocycles. The fourth-order valence-electron chi connectivity index (χ4n) is 8.84. The van der Waals surface area contributed by atoms with E-state index >= 15 is 0 Å². The molecule has 3 aromatic heterocycles. The SMILES string of the molecule is CC(C)(C)C#Cc1cc2c(cc1C#CC(C)(C)C)-c1nc-2nc2nc(nc3[nH]c(nc4[nH]c(n1)c1cc(C#CC(C)(C)C)c(C#CC(C)(C)C)cc41)c1cc(C#CC(C)(C)C)c(C#CC(C)(C)C)cc31)-c1cc(C#CC(C)(C)C)c(C#CC(C)(C)C)cc1-2. The average molecular weight is 1160 g/mol. The second-order valence-corrected chi connectivity index (χ2v) is 31.4. The molecular weight excluding hydrogens is 1070 g/mol. The summed E-state index contributed by atoms with van der Waals surface area (Å²) in [6.45, 7) is 50.5. The Hall–Kier alpha value is -9.28. The van der Waals surface area contributed by atoms with Crippen molar-refractivity contribution in [3.05, 3.63) is 93.0 Å². The molecule has 9 rings (SSSR count). The molecule has 0 saturated heterocycles. The molecule has 0 saturated carbocycles. The van der Waals surface area contributed by atoms with E-state index in [2.05, 4.69) is 319 Å². The highest BCUT2D eigenvalue weighted by Gasteiger charge is 2.28. The molecule has 8 bridgehead atoms. The second kappa shape index (κ2) is 22.5. The summed E-state index contributed by atoms with van der Waals surface area (Å²) < 4.78 is 0. The highest BCUT2D eigenvalue weighted by molar-refractivity contribution is 6.09. The van der Waals surface area contributed by atoms with Gasteiger partial charge in [0, 0.05) is 132 Å². The number of hydrogen-bond acceptors (Lipinski definition) is 6. The van der Waals surface area contributed by atoms with Crippen LogP contribution in [0.3, 0.4) is 0 Å². The number of benzene rings is 4. The molecule has 0 spiro atoms. The lowest BCUT2D eigenvalue weighted by Crippen LogP contribution is -2.01. The van der Waals surface area contributed by atoms with Crippen molar-refractivity contribution in [1.82, 2.24) is 39.9 Å². The number of fused-ring (bicyclic) bond motifs is 20. The van der Waals surface area contributed by atoms with Gasteiger partial charge in [0.2, 0.25) is 0 Å². The van der Waals surface area contributed by atoms with Gasteiger partial charge < -0.3 is 9.97 Å². The van der Waals surface area contributed by atoms with Crippen LogP contribution in [0.4, 0.5) is 0 Å². The van der Waals surface area contributed by atoms with Crippen LogP contribution in [-0.2, 0) is 0 Å². The Morgan fingerprint density at radius 1 is 0.216 bits per heavy atom. The van der Waals surface area contributed by atoms with E-state index in [4.69, 9.17) is 29.9 Å². The standard InChI is InChI=1S/C80H82N8/c1-73(2,3)33-25-49-41-57-58(42-50(49)26-34-74(4,5)6)66-81-65(57)85-67-59-43-51(27-35-75(7,8)9)52(28-36-76(10,11)12)44-60(59)69(82-67)87-71-63-47-55(31-39-79(19,20)21)56(32-40-80(22,23)24)48-64(63)72(84-71)88-70-62-46-54(30-38-78(16,17)18)53(29-37-77(13,14)15)45-61(62)68(83-70)86-66/h41-48H,1-24H3,(H2,81,82,83,84,85,86,87,88). The van der Waals surface area contributed by atoms with Gasteiger partial charge in [0.05, 0.1) is 0 Å². The van der Waals surface area contributed by atoms with Gasteiger partial charge in [-0.3, -0.25) is 0 Å². The molecule has 8 nitrogen and oxygen atoms in total. The van der Waals surface area contributed by atoms with Crippen LogP contribution in [0.15, 0.2) is 48.5 Å². The molecular formula is C80H82N8. The zero-order valence-electron chi connectivity index (χ0n) is 56.3. The number of hydrogen-bond donors (Lipinski definition) is 2. The Balaban J connectivity index is 1.56. The van der Waals surface area contributed by atoms with Crippen LogP contribution in [0, 0.1) is 138 Å². The summed E-state index contributed by atoms with van der Waals surface area (Å²) in [7, 11) is 0. The van der Waals surface area contributed by atoms with Gasteiger partial charge in [0.1, 0.15) is 22.6 Å². The first-order valence-corrected chi connectivity index (χ1v) is 30.3. The fourth-order valence-corrected chi connectivity index (χ4v) is 8.84. The molecule has 442 valence electrons. The van der Waals surface area contributed by atoms with Gasteiger partial charge in [-0.05, 0) is 215 Å². The number of nitrogens with one attached hydrogen (secondary N) is 2. The Morgan fingerprint density at radius 2 is 0.375 bits per heavy atom. The van der Waals surface area contributed by atoms with Gasteiger partial charge in [0.15, 0.2) is 23.3 Å². The molecule has 0 radical (unpaired) electrons. The molecule has 5 heterocycles. The summed E-state index contributed by atoms with van der Waals surface area (Å²) in [5, 5.41) is 3.11. The molecule has 0 unspecified atom stereocenters. The summed E-state index contributed by atoms with van der Waals surface area (Å²) in [4.78, 5) is 40.3. The molecule has 0 amide bonds. The van der Waals surface area contributed by atoms with Crippen molar-refractivity contribution < 1.29 is 0 Å². The third-order valence-electron chi connectivity index (χ3n) is 13.0.